The van der Waals surface area contributed by atoms with Crippen molar-refractivity contribution in [3.8, 4) is 5.75 Å². The number of piperidine rings is 1. The SMILES string of the molecule is CC1CCCN(CCOc2ccccc2C=NN=C(N)N)C1. The van der Waals surface area contributed by atoms with Crippen LogP contribution in [0.4, 0.5) is 0 Å². The fourth-order valence-corrected chi connectivity index (χ4v) is 2.65. The first kappa shape index (κ1) is 16.3. The van der Waals surface area contributed by atoms with Gasteiger partial charge < -0.3 is 16.2 Å². The molecule has 120 valence electrons. The molecule has 1 aromatic carbocycles. The minimum Gasteiger partial charge on any atom is -0.492 e. The van der Waals surface area contributed by atoms with Gasteiger partial charge in [0.05, 0.1) is 6.21 Å². The lowest BCUT2D eigenvalue weighted by Crippen LogP contribution is -2.37. The molecule has 6 heteroatoms. The fraction of sp³-hybridized carbons (Fsp3) is 0.500. The molecule has 1 aromatic rings. The van der Waals surface area contributed by atoms with Crippen molar-refractivity contribution >= 4 is 12.2 Å². The molecule has 0 aromatic heterocycles. The van der Waals surface area contributed by atoms with E-state index < -0.39 is 0 Å². The molecule has 0 aliphatic carbocycles. The second-order valence-corrected chi connectivity index (χ2v) is 5.70. The number of nitrogens with zero attached hydrogens (tertiary/aromatic N) is 3. The Morgan fingerprint density at radius 1 is 1.41 bits per heavy atom. The fourth-order valence-electron chi connectivity index (χ4n) is 2.65. The van der Waals surface area contributed by atoms with Crippen LogP contribution in [0.5, 0.6) is 5.75 Å². The number of ether oxygens (including phenoxy) is 1. The Morgan fingerprint density at radius 2 is 2.23 bits per heavy atom. The van der Waals surface area contributed by atoms with Crippen molar-refractivity contribution in [3.63, 3.8) is 0 Å². The van der Waals surface area contributed by atoms with Crippen LogP contribution in [0.3, 0.4) is 0 Å². The number of likely N-dealkylation sites (tertiary alicyclic amines) is 1. The minimum atomic E-state index is -0.0612. The zero-order valence-corrected chi connectivity index (χ0v) is 13.1. The Hall–Kier alpha value is -2.08. The zero-order chi connectivity index (χ0) is 15.8. The smallest absolute Gasteiger partial charge is 0.211 e. The van der Waals surface area contributed by atoms with Crippen molar-refractivity contribution in [3.05, 3.63) is 29.8 Å². The number of benzene rings is 1. The monoisotopic (exact) mass is 303 g/mol. The average Bonchev–Trinajstić information content (AvgIpc) is 2.48. The molecule has 1 aliphatic rings. The molecule has 22 heavy (non-hydrogen) atoms. The summed E-state index contributed by atoms with van der Waals surface area (Å²) in [4.78, 5) is 2.46. The van der Waals surface area contributed by atoms with Crippen LogP contribution in [0.25, 0.3) is 0 Å². The van der Waals surface area contributed by atoms with E-state index in [0.717, 1.165) is 30.3 Å². The first-order chi connectivity index (χ1) is 10.6. The molecule has 2 rings (SSSR count). The van der Waals surface area contributed by atoms with Crippen molar-refractivity contribution in [2.45, 2.75) is 19.8 Å². The molecule has 0 bridgehead atoms. The number of guanidine groups is 1. The average molecular weight is 303 g/mol. The van der Waals surface area contributed by atoms with Crippen LogP contribution >= 0.6 is 0 Å². The van der Waals surface area contributed by atoms with Crippen LogP contribution < -0.4 is 16.2 Å². The second-order valence-electron chi connectivity index (χ2n) is 5.70. The van der Waals surface area contributed by atoms with Crippen LogP contribution in [-0.2, 0) is 0 Å². The highest BCUT2D eigenvalue weighted by Gasteiger charge is 2.15. The molecule has 0 saturated carbocycles. The molecular formula is C16H25N5O. The molecule has 4 N–H and O–H groups in total. The molecular weight excluding hydrogens is 278 g/mol. The molecule has 0 amide bonds. The molecule has 1 heterocycles. The maximum Gasteiger partial charge on any atom is 0.211 e. The third-order valence-corrected chi connectivity index (χ3v) is 3.70. The summed E-state index contributed by atoms with van der Waals surface area (Å²) in [6.07, 6.45) is 4.21. The van der Waals surface area contributed by atoms with Gasteiger partial charge in [0.2, 0.25) is 5.96 Å². The summed E-state index contributed by atoms with van der Waals surface area (Å²) in [5.41, 5.74) is 11.4. The number of hydrogen-bond donors (Lipinski definition) is 2. The van der Waals surface area contributed by atoms with Crippen molar-refractivity contribution in [1.82, 2.24) is 4.90 Å². The Labute approximate surface area is 131 Å². The number of hydrogen-bond acceptors (Lipinski definition) is 4. The third-order valence-electron chi connectivity index (χ3n) is 3.70. The Kier molecular flexibility index (Phi) is 6.21. The van der Waals surface area contributed by atoms with Crippen LogP contribution in [0.1, 0.15) is 25.3 Å². The summed E-state index contributed by atoms with van der Waals surface area (Å²) in [7, 11) is 0. The maximum atomic E-state index is 5.89. The van der Waals surface area contributed by atoms with Gasteiger partial charge in [-0.1, -0.05) is 19.1 Å². The van der Waals surface area contributed by atoms with E-state index >= 15 is 0 Å². The Bertz CT molecular complexity index is 525. The topological polar surface area (TPSA) is 89.2 Å². The Morgan fingerprint density at radius 3 is 3.00 bits per heavy atom. The number of rotatable bonds is 6. The van der Waals surface area contributed by atoms with E-state index in [1.54, 1.807) is 6.21 Å². The van der Waals surface area contributed by atoms with E-state index in [9.17, 15) is 0 Å². The predicted molar refractivity (Wildman–Crippen MR) is 90.2 cm³/mol. The maximum absolute atomic E-state index is 5.89. The molecule has 1 fully saturated rings. The summed E-state index contributed by atoms with van der Waals surface area (Å²) in [6.45, 7) is 6.25. The van der Waals surface area contributed by atoms with Crippen molar-refractivity contribution in [2.24, 2.45) is 27.6 Å². The van der Waals surface area contributed by atoms with Gasteiger partial charge in [0, 0.05) is 18.7 Å². The van der Waals surface area contributed by atoms with Gasteiger partial charge in [0.25, 0.3) is 0 Å². The van der Waals surface area contributed by atoms with Gasteiger partial charge >= 0.3 is 0 Å². The van der Waals surface area contributed by atoms with E-state index in [1.165, 1.54) is 19.4 Å². The van der Waals surface area contributed by atoms with E-state index in [4.69, 9.17) is 16.2 Å². The molecule has 1 aliphatic heterocycles. The third kappa shape index (κ3) is 5.37. The number of para-hydroxylation sites is 1. The van der Waals surface area contributed by atoms with Gasteiger partial charge in [-0.3, -0.25) is 4.90 Å². The van der Waals surface area contributed by atoms with Gasteiger partial charge in [-0.15, -0.1) is 5.10 Å². The summed E-state index contributed by atoms with van der Waals surface area (Å²) in [5.74, 6) is 1.52. The number of nitrogens with two attached hydrogens (primary N) is 2. The van der Waals surface area contributed by atoms with Gasteiger partial charge in [-0.2, -0.15) is 5.10 Å². The highest BCUT2D eigenvalue weighted by molar-refractivity contribution is 5.84. The van der Waals surface area contributed by atoms with E-state index in [-0.39, 0.29) is 5.96 Å². The largest absolute Gasteiger partial charge is 0.492 e. The standard InChI is InChI=1S/C16H25N5O/c1-13-5-4-8-21(12-13)9-10-22-15-7-3-2-6-14(15)11-19-20-16(17)18/h2-3,6-7,11,13H,4-5,8-10,12H2,1H3,(H4,17,18,20). The highest BCUT2D eigenvalue weighted by Crippen LogP contribution is 2.17. The van der Waals surface area contributed by atoms with E-state index in [1.807, 2.05) is 24.3 Å². The van der Waals surface area contributed by atoms with Crippen molar-refractivity contribution < 1.29 is 4.74 Å². The Balaban J connectivity index is 1.87. The molecule has 0 spiro atoms. The van der Waals surface area contributed by atoms with Gasteiger partial charge in [0.1, 0.15) is 12.4 Å². The van der Waals surface area contributed by atoms with Gasteiger partial charge in [-0.25, -0.2) is 0 Å². The molecule has 0 radical (unpaired) electrons. The summed E-state index contributed by atoms with van der Waals surface area (Å²) < 4.78 is 5.89. The molecule has 1 saturated heterocycles. The normalized spacial score (nSPS) is 19.2. The zero-order valence-electron chi connectivity index (χ0n) is 13.1. The molecule has 1 unspecified atom stereocenters. The van der Waals surface area contributed by atoms with E-state index in [2.05, 4.69) is 22.0 Å². The first-order valence-corrected chi connectivity index (χ1v) is 7.71. The van der Waals surface area contributed by atoms with Crippen LogP contribution in [-0.4, -0.2) is 43.3 Å². The first-order valence-electron chi connectivity index (χ1n) is 7.71. The molecule has 6 nitrogen and oxygen atoms in total. The van der Waals surface area contributed by atoms with Gasteiger partial charge in [-0.05, 0) is 37.4 Å². The lowest BCUT2D eigenvalue weighted by molar-refractivity contribution is 0.153. The summed E-state index contributed by atoms with van der Waals surface area (Å²) in [5, 5.41) is 7.43. The summed E-state index contributed by atoms with van der Waals surface area (Å²) in [6, 6.07) is 7.71. The van der Waals surface area contributed by atoms with Crippen LogP contribution in [0.2, 0.25) is 0 Å². The second kappa shape index (κ2) is 8.38. The molecule has 1 atom stereocenters. The van der Waals surface area contributed by atoms with Crippen molar-refractivity contribution in [2.75, 3.05) is 26.2 Å². The highest BCUT2D eigenvalue weighted by atomic mass is 16.5. The lowest BCUT2D eigenvalue weighted by atomic mass is 10.0. The predicted octanol–water partition coefficient (Wildman–Crippen LogP) is 1.40. The summed E-state index contributed by atoms with van der Waals surface area (Å²) >= 11 is 0. The van der Waals surface area contributed by atoms with Crippen LogP contribution in [0, 0.1) is 5.92 Å². The van der Waals surface area contributed by atoms with Gasteiger partial charge in [0.15, 0.2) is 0 Å². The lowest BCUT2D eigenvalue weighted by Gasteiger charge is -2.30. The quantitative estimate of drug-likeness (QED) is 0.472. The van der Waals surface area contributed by atoms with E-state index in [0.29, 0.717) is 6.61 Å². The van der Waals surface area contributed by atoms with Crippen LogP contribution in [0.15, 0.2) is 34.5 Å². The minimum absolute atomic E-state index is 0.0612. The van der Waals surface area contributed by atoms with Crippen molar-refractivity contribution in [1.29, 1.82) is 0 Å².